The van der Waals surface area contributed by atoms with Crippen LogP contribution < -0.4 is 10.9 Å². The SMILES string of the molecule is CCC(c1nc2ccccc2c(=O)n1-c1ccc(F)c(Cl)c1)N(CCC(C)C)C(=O)Nc1ccc(F)cc1F. The van der Waals surface area contributed by atoms with Crippen molar-refractivity contribution in [3.05, 3.63) is 99.3 Å². The summed E-state index contributed by atoms with van der Waals surface area (Å²) in [5, 5.41) is 2.70. The molecule has 1 unspecified atom stereocenters. The van der Waals surface area contributed by atoms with Crippen LogP contribution in [0.25, 0.3) is 16.6 Å². The predicted molar refractivity (Wildman–Crippen MR) is 147 cm³/mol. The van der Waals surface area contributed by atoms with Crippen molar-refractivity contribution in [3.8, 4) is 5.69 Å². The van der Waals surface area contributed by atoms with Crippen molar-refractivity contribution in [3.63, 3.8) is 0 Å². The third-order valence-electron chi connectivity index (χ3n) is 6.40. The Hall–Kier alpha value is -3.85. The Labute approximate surface area is 229 Å². The Bertz CT molecular complexity index is 1570. The molecule has 0 bridgehead atoms. The van der Waals surface area contributed by atoms with Gasteiger partial charge in [0.05, 0.1) is 33.3 Å². The number of nitrogens with one attached hydrogen (secondary N) is 1. The fourth-order valence-electron chi connectivity index (χ4n) is 4.36. The van der Waals surface area contributed by atoms with Crippen LogP contribution in [-0.4, -0.2) is 27.0 Å². The summed E-state index contributed by atoms with van der Waals surface area (Å²) in [6, 6.07) is 12.2. The van der Waals surface area contributed by atoms with E-state index in [9.17, 15) is 22.8 Å². The van der Waals surface area contributed by atoms with Gasteiger partial charge in [0.2, 0.25) is 0 Å². The van der Waals surface area contributed by atoms with Gasteiger partial charge >= 0.3 is 6.03 Å². The monoisotopic (exact) mass is 556 g/mol. The smallest absolute Gasteiger partial charge is 0.314 e. The van der Waals surface area contributed by atoms with Crippen LogP contribution in [0.5, 0.6) is 0 Å². The van der Waals surface area contributed by atoms with E-state index in [2.05, 4.69) is 5.32 Å². The zero-order valence-electron chi connectivity index (χ0n) is 21.7. The van der Waals surface area contributed by atoms with Crippen molar-refractivity contribution < 1.29 is 18.0 Å². The van der Waals surface area contributed by atoms with Crippen LogP contribution in [-0.2, 0) is 0 Å². The maximum Gasteiger partial charge on any atom is 0.322 e. The van der Waals surface area contributed by atoms with Crippen molar-refractivity contribution in [2.45, 2.75) is 39.7 Å². The first kappa shape index (κ1) is 28.2. The van der Waals surface area contributed by atoms with E-state index < -0.39 is 35.1 Å². The Balaban J connectivity index is 1.89. The highest BCUT2D eigenvalue weighted by Crippen LogP contribution is 2.29. The molecule has 6 nitrogen and oxygen atoms in total. The van der Waals surface area contributed by atoms with E-state index >= 15 is 0 Å². The fraction of sp³-hybridized carbons (Fsp3) is 0.276. The van der Waals surface area contributed by atoms with E-state index in [0.29, 0.717) is 29.8 Å². The number of nitrogens with zero attached hydrogens (tertiary/aromatic N) is 3. The van der Waals surface area contributed by atoms with Gasteiger partial charge in [-0.25, -0.2) is 22.9 Å². The van der Waals surface area contributed by atoms with Crippen LogP contribution in [0.4, 0.5) is 23.7 Å². The van der Waals surface area contributed by atoms with E-state index in [0.717, 1.165) is 18.2 Å². The van der Waals surface area contributed by atoms with Gasteiger partial charge in [-0.1, -0.05) is 44.5 Å². The number of fused-ring (bicyclic) bond motifs is 1. The Morgan fingerprint density at radius 3 is 2.46 bits per heavy atom. The van der Waals surface area contributed by atoms with Gasteiger partial charge in [-0.05, 0) is 61.2 Å². The molecule has 0 saturated heterocycles. The summed E-state index contributed by atoms with van der Waals surface area (Å²) < 4.78 is 43.2. The first-order valence-corrected chi connectivity index (χ1v) is 13.0. The summed E-state index contributed by atoms with van der Waals surface area (Å²) in [5.41, 5.74) is 0.117. The summed E-state index contributed by atoms with van der Waals surface area (Å²) >= 11 is 6.07. The summed E-state index contributed by atoms with van der Waals surface area (Å²) in [5.74, 6) is -1.86. The largest absolute Gasteiger partial charge is 0.322 e. The van der Waals surface area contributed by atoms with Crippen molar-refractivity contribution in [2.75, 3.05) is 11.9 Å². The minimum absolute atomic E-state index is 0.173. The third-order valence-corrected chi connectivity index (χ3v) is 6.69. The molecule has 1 aromatic heterocycles. The maximum atomic E-state index is 14.4. The van der Waals surface area contributed by atoms with E-state index in [4.69, 9.17) is 16.6 Å². The van der Waals surface area contributed by atoms with Gasteiger partial charge < -0.3 is 10.2 Å². The number of carbonyl (C=O) groups excluding carboxylic acids is 1. The van der Waals surface area contributed by atoms with Crippen LogP contribution >= 0.6 is 11.6 Å². The fourth-order valence-corrected chi connectivity index (χ4v) is 4.54. The lowest BCUT2D eigenvalue weighted by Crippen LogP contribution is -2.41. The number of hydrogen-bond donors (Lipinski definition) is 1. The van der Waals surface area contributed by atoms with Crippen molar-refractivity contribution >= 4 is 34.2 Å². The highest BCUT2D eigenvalue weighted by Gasteiger charge is 2.30. The minimum atomic E-state index is -0.915. The Morgan fingerprint density at radius 2 is 1.79 bits per heavy atom. The van der Waals surface area contributed by atoms with Gasteiger partial charge in [0.25, 0.3) is 5.56 Å². The van der Waals surface area contributed by atoms with Crippen molar-refractivity contribution in [1.82, 2.24) is 14.5 Å². The number of benzene rings is 3. The van der Waals surface area contributed by atoms with Gasteiger partial charge in [0.1, 0.15) is 23.3 Å². The standard InChI is InChI=1S/C29H28ClF3N4O2/c1-4-26(36(14-13-17(2)3)29(39)35-25-12-9-18(31)15-23(25)33)27-34-24-8-6-5-7-20(24)28(38)37(27)19-10-11-22(32)21(30)16-19/h5-12,15-17,26H,4,13-14H2,1-3H3,(H,35,39). The molecule has 1 N–H and O–H groups in total. The molecule has 10 heteroatoms. The highest BCUT2D eigenvalue weighted by molar-refractivity contribution is 6.30. The van der Waals surface area contributed by atoms with Gasteiger partial charge in [-0.3, -0.25) is 9.36 Å². The highest BCUT2D eigenvalue weighted by atomic mass is 35.5. The summed E-state index contributed by atoms with van der Waals surface area (Å²) in [6.07, 6.45) is 0.952. The molecular formula is C29H28ClF3N4O2. The summed E-state index contributed by atoms with van der Waals surface area (Å²) in [4.78, 5) is 33.6. The van der Waals surface area contributed by atoms with Gasteiger partial charge in [-0.15, -0.1) is 0 Å². The Kier molecular flexibility index (Phi) is 8.60. The molecule has 39 heavy (non-hydrogen) atoms. The molecule has 0 fully saturated rings. The van der Waals surface area contributed by atoms with Crippen molar-refractivity contribution in [2.24, 2.45) is 5.92 Å². The predicted octanol–water partition coefficient (Wildman–Crippen LogP) is 7.49. The molecule has 1 atom stereocenters. The van der Waals surface area contributed by atoms with Gasteiger partial charge in [0, 0.05) is 12.6 Å². The van der Waals surface area contributed by atoms with Crippen LogP contribution in [0.1, 0.15) is 45.5 Å². The molecule has 0 aliphatic heterocycles. The number of amides is 2. The van der Waals surface area contributed by atoms with Gasteiger partial charge in [0.15, 0.2) is 0 Å². The molecule has 4 rings (SSSR count). The molecule has 0 spiro atoms. The first-order chi connectivity index (χ1) is 18.6. The summed E-state index contributed by atoms with van der Waals surface area (Å²) in [6.45, 7) is 6.10. The van der Waals surface area contributed by atoms with E-state index in [1.807, 2.05) is 20.8 Å². The molecule has 0 radical (unpaired) electrons. The molecule has 0 saturated carbocycles. The van der Waals surface area contributed by atoms with E-state index in [1.165, 1.54) is 21.6 Å². The number of hydrogen-bond acceptors (Lipinski definition) is 3. The average molecular weight is 557 g/mol. The van der Waals surface area contributed by atoms with Gasteiger partial charge in [-0.2, -0.15) is 0 Å². The lowest BCUT2D eigenvalue weighted by molar-refractivity contribution is 0.176. The van der Waals surface area contributed by atoms with Crippen molar-refractivity contribution in [1.29, 1.82) is 0 Å². The van der Waals surface area contributed by atoms with Crippen LogP contribution in [0.3, 0.4) is 0 Å². The van der Waals surface area contributed by atoms with Crippen LogP contribution in [0.2, 0.25) is 5.02 Å². The molecule has 0 aliphatic carbocycles. The topological polar surface area (TPSA) is 67.2 Å². The number of urea groups is 1. The molecule has 3 aromatic carbocycles. The number of aromatic nitrogens is 2. The second-order valence-corrected chi connectivity index (χ2v) is 9.99. The minimum Gasteiger partial charge on any atom is -0.314 e. The lowest BCUT2D eigenvalue weighted by Gasteiger charge is -2.33. The van der Waals surface area contributed by atoms with Crippen LogP contribution in [0.15, 0.2) is 65.5 Å². The quantitative estimate of drug-likeness (QED) is 0.244. The maximum absolute atomic E-state index is 14.4. The molecular weight excluding hydrogens is 529 g/mol. The number of halogens is 4. The average Bonchev–Trinajstić information content (AvgIpc) is 2.89. The molecule has 204 valence electrons. The number of para-hydroxylation sites is 1. The number of rotatable bonds is 8. The number of anilines is 1. The van der Waals surface area contributed by atoms with Crippen LogP contribution in [0, 0.1) is 23.4 Å². The third kappa shape index (κ3) is 6.09. The second-order valence-electron chi connectivity index (χ2n) is 9.58. The zero-order valence-corrected chi connectivity index (χ0v) is 22.5. The number of carbonyl (C=O) groups is 1. The lowest BCUT2D eigenvalue weighted by atomic mass is 10.1. The van der Waals surface area contributed by atoms with E-state index in [1.54, 1.807) is 24.3 Å². The summed E-state index contributed by atoms with van der Waals surface area (Å²) in [7, 11) is 0. The molecule has 4 aromatic rings. The zero-order chi connectivity index (χ0) is 28.3. The molecule has 0 aliphatic rings. The molecule has 1 heterocycles. The first-order valence-electron chi connectivity index (χ1n) is 12.6. The Morgan fingerprint density at radius 1 is 1.05 bits per heavy atom. The molecule has 2 amide bonds. The van der Waals surface area contributed by atoms with E-state index in [-0.39, 0.29) is 34.7 Å². The second kappa shape index (κ2) is 11.9. The normalized spacial score (nSPS) is 12.1.